The van der Waals surface area contributed by atoms with Crippen molar-refractivity contribution in [3.8, 4) is 0 Å². The van der Waals surface area contributed by atoms with Gasteiger partial charge in [0.05, 0.1) is 17.9 Å². The Morgan fingerprint density at radius 2 is 1.47 bits per heavy atom. The molecule has 32 heavy (non-hydrogen) atoms. The Morgan fingerprint density at radius 1 is 0.812 bits per heavy atom. The minimum atomic E-state index is -0.268. The summed E-state index contributed by atoms with van der Waals surface area (Å²) in [6.45, 7) is 11.5. The third kappa shape index (κ3) is 4.08. The van der Waals surface area contributed by atoms with Crippen molar-refractivity contribution in [2.75, 3.05) is 44.2 Å². The van der Waals surface area contributed by atoms with Crippen molar-refractivity contribution < 1.29 is 14.7 Å². The minimum absolute atomic E-state index is 0.120. The molecular weight excluding hydrogens is 402 g/mol. The molecule has 0 unspecified atom stereocenters. The summed E-state index contributed by atoms with van der Waals surface area (Å²) < 4.78 is 0. The number of aryl methyl sites for hydroxylation is 4. The molecule has 2 aliphatic heterocycles. The smallest absolute Gasteiger partial charge is 0.282 e. The van der Waals surface area contributed by atoms with E-state index in [2.05, 4.69) is 4.90 Å². The summed E-state index contributed by atoms with van der Waals surface area (Å²) in [7, 11) is 0. The fourth-order valence-corrected chi connectivity index (χ4v) is 4.62. The summed E-state index contributed by atoms with van der Waals surface area (Å²) in [5.74, 6) is -0.528. The first-order valence-corrected chi connectivity index (χ1v) is 11.2. The molecule has 168 valence electrons. The summed E-state index contributed by atoms with van der Waals surface area (Å²) in [5, 5.41) is 9.25. The van der Waals surface area contributed by atoms with Gasteiger partial charge in [0.25, 0.3) is 11.8 Å². The van der Waals surface area contributed by atoms with Gasteiger partial charge in [-0.25, -0.2) is 4.90 Å². The minimum Gasteiger partial charge on any atom is -0.395 e. The molecule has 1 fully saturated rings. The largest absolute Gasteiger partial charge is 0.395 e. The molecule has 2 heterocycles. The Labute approximate surface area is 189 Å². The number of hydrogen-bond acceptors (Lipinski definition) is 5. The molecule has 0 radical (unpaired) electrons. The molecule has 0 saturated carbocycles. The van der Waals surface area contributed by atoms with Gasteiger partial charge in [-0.15, -0.1) is 0 Å². The first-order valence-electron chi connectivity index (χ1n) is 11.2. The van der Waals surface area contributed by atoms with E-state index in [0.29, 0.717) is 36.6 Å². The van der Waals surface area contributed by atoms with Crippen LogP contribution in [0, 0.1) is 27.7 Å². The van der Waals surface area contributed by atoms with E-state index in [4.69, 9.17) is 0 Å². The van der Waals surface area contributed by atoms with E-state index < -0.39 is 0 Å². The topological polar surface area (TPSA) is 64.1 Å². The average molecular weight is 434 g/mol. The third-order valence-corrected chi connectivity index (χ3v) is 6.42. The van der Waals surface area contributed by atoms with Crippen LogP contribution in [0.15, 0.2) is 42.1 Å². The first-order chi connectivity index (χ1) is 15.3. The SMILES string of the molecule is Cc1cc(C)cc(N2C(=O)C(c3ccc(C)c(C)c3)=C(N3CCN(CCO)CC3)C2=O)c1. The van der Waals surface area contributed by atoms with E-state index in [0.717, 1.165) is 40.9 Å². The van der Waals surface area contributed by atoms with Crippen molar-refractivity contribution in [1.82, 2.24) is 9.80 Å². The molecule has 2 aromatic carbocycles. The van der Waals surface area contributed by atoms with Gasteiger partial charge < -0.3 is 10.0 Å². The number of carbonyl (C=O) groups excluding carboxylic acids is 2. The van der Waals surface area contributed by atoms with Gasteiger partial charge in [0.1, 0.15) is 5.70 Å². The van der Waals surface area contributed by atoms with Gasteiger partial charge in [-0.05, 0) is 67.6 Å². The van der Waals surface area contributed by atoms with Crippen molar-refractivity contribution in [1.29, 1.82) is 0 Å². The quantitative estimate of drug-likeness (QED) is 0.735. The van der Waals surface area contributed by atoms with E-state index in [9.17, 15) is 14.7 Å². The van der Waals surface area contributed by atoms with Crippen LogP contribution in [-0.4, -0.2) is 66.1 Å². The van der Waals surface area contributed by atoms with Crippen molar-refractivity contribution in [3.05, 3.63) is 69.9 Å². The van der Waals surface area contributed by atoms with Crippen LogP contribution >= 0.6 is 0 Å². The molecular formula is C26H31N3O3. The average Bonchev–Trinajstić information content (AvgIpc) is 3.00. The van der Waals surface area contributed by atoms with Crippen LogP contribution in [0.5, 0.6) is 0 Å². The van der Waals surface area contributed by atoms with Crippen LogP contribution in [0.25, 0.3) is 5.57 Å². The van der Waals surface area contributed by atoms with Crippen molar-refractivity contribution >= 4 is 23.1 Å². The number of rotatable bonds is 5. The maximum Gasteiger partial charge on any atom is 0.282 e. The van der Waals surface area contributed by atoms with E-state index >= 15 is 0 Å². The van der Waals surface area contributed by atoms with Gasteiger partial charge in [0, 0.05) is 32.7 Å². The number of carbonyl (C=O) groups is 2. The highest BCUT2D eigenvalue weighted by atomic mass is 16.3. The lowest BCUT2D eigenvalue weighted by atomic mass is 9.99. The Kier molecular flexibility index (Phi) is 6.17. The number of amides is 2. The molecule has 0 spiro atoms. The standard InChI is InChI=1S/C26H31N3O3/c1-17-13-18(2)15-22(14-17)29-25(31)23(21-6-5-19(3)20(4)16-21)24(26(29)32)28-9-7-27(8-10-28)11-12-30/h5-6,13-16,30H,7-12H2,1-4H3. The highest BCUT2D eigenvalue weighted by Gasteiger charge is 2.43. The molecule has 0 aliphatic carbocycles. The molecule has 4 rings (SSSR count). The van der Waals surface area contributed by atoms with Crippen LogP contribution in [0.1, 0.15) is 27.8 Å². The monoisotopic (exact) mass is 433 g/mol. The predicted octanol–water partition coefficient (Wildman–Crippen LogP) is 2.81. The summed E-state index contributed by atoms with van der Waals surface area (Å²) in [6.07, 6.45) is 0. The van der Waals surface area contributed by atoms with E-state index in [1.807, 2.05) is 69.0 Å². The normalized spacial score (nSPS) is 17.7. The van der Waals surface area contributed by atoms with Gasteiger partial charge in [-0.2, -0.15) is 0 Å². The Bertz CT molecular complexity index is 1080. The van der Waals surface area contributed by atoms with Crippen molar-refractivity contribution in [2.45, 2.75) is 27.7 Å². The van der Waals surface area contributed by atoms with Crippen LogP contribution < -0.4 is 4.90 Å². The zero-order valence-corrected chi connectivity index (χ0v) is 19.3. The summed E-state index contributed by atoms with van der Waals surface area (Å²) in [4.78, 5) is 33.0. The zero-order chi connectivity index (χ0) is 23.0. The van der Waals surface area contributed by atoms with Crippen LogP contribution in [-0.2, 0) is 9.59 Å². The molecule has 2 aromatic rings. The number of imide groups is 1. The number of aliphatic hydroxyl groups is 1. The second-order valence-corrected chi connectivity index (χ2v) is 8.87. The van der Waals surface area contributed by atoms with E-state index in [-0.39, 0.29) is 18.4 Å². The number of aliphatic hydroxyl groups excluding tert-OH is 1. The lowest BCUT2D eigenvalue weighted by molar-refractivity contribution is -0.120. The first kappa shape index (κ1) is 22.2. The zero-order valence-electron chi connectivity index (χ0n) is 19.3. The molecule has 0 aromatic heterocycles. The Hall–Kier alpha value is -2.96. The molecule has 6 nitrogen and oxygen atoms in total. The maximum atomic E-state index is 13.7. The van der Waals surface area contributed by atoms with Gasteiger partial charge in [-0.3, -0.25) is 14.5 Å². The lowest BCUT2D eigenvalue weighted by Crippen LogP contribution is -2.48. The number of benzene rings is 2. The lowest BCUT2D eigenvalue weighted by Gasteiger charge is -2.36. The number of β-amino-alcohol motifs (C(OH)–C–C–N with tert-alkyl or cyclic N) is 1. The second-order valence-electron chi connectivity index (χ2n) is 8.87. The molecule has 0 atom stereocenters. The van der Waals surface area contributed by atoms with Crippen molar-refractivity contribution in [2.24, 2.45) is 0 Å². The fourth-order valence-electron chi connectivity index (χ4n) is 4.62. The van der Waals surface area contributed by atoms with Gasteiger partial charge in [0.15, 0.2) is 0 Å². The molecule has 0 bridgehead atoms. The molecule has 2 aliphatic rings. The number of nitrogens with zero attached hydrogens (tertiary/aromatic N) is 3. The number of piperazine rings is 1. The van der Waals surface area contributed by atoms with Crippen molar-refractivity contribution in [3.63, 3.8) is 0 Å². The maximum absolute atomic E-state index is 13.7. The predicted molar refractivity (Wildman–Crippen MR) is 126 cm³/mol. The number of hydrogen-bond donors (Lipinski definition) is 1. The van der Waals surface area contributed by atoms with Gasteiger partial charge >= 0.3 is 0 Å². The van der Waals surface area contributed by atoms with E-state index in [1.165, 1.54) is 4.90 Å². The second kappa shape index (κ2) is 8.88. The fraction of sp³-hybridized carbons (Fsp3) is 0.385. The van der Waals surface area contributed by atoms with Crippen LogP contribution in [0.2, 0.25) is 0 Å². The highest BCUT2D eigenvalue weighted by Crippen LogP contribution is 2.36. The molecule has 1 saturated heterocycles. The Morgan fingerprint density at radius 3 is 2.06 bits per heavy atom. The van der Waals surface area contributed by atoms with E-state index in [1.54, 1.807) is 0 Å². The highest BCUT2D eigenvalue weighted by molar-refractivity contribution is 6.45. The molecule has 2 amide bonds. The number of anilines is 1. The summed E-state index contributed by atoms with van der Waals surface area (Å²) in [6, 6.07) is 11.8. The van der Waals surface area contributed by atoms with Crippen LogP contribution in [0.4, 0.5) is 5.69 Å². The van der Waals surface area contributed by atoms with Gasteiger partial charge in [0.2, 0.25) is 0 Å². The third-order valence-electron chi connectivity index (χ3n) is 6.42. The Balaban J connectivity index is 1.78. The van der Waals surface area contributed by atoms with Gasteiger partial charge in [-0.1, -0.05) is 24.3 Å². The summed E-state index contributed by atoms with van der Waals surface area (Å²) >= 11 is 0. The molecule has 1 N–H and O–H groups in total. The molecule has 6 heteroatoms. The summed E-state index contributed by atoms with van der Waals surface area (Å²) in [5.41, 5.74) is 6.63. The van der Waals surface area contributed by atoms with Crippen LogP contribution in [0.3, 0.4) is 0 Å².